The van der Waals surface area contributed by atoms with Gasteiger partial charge in [0.25, 0.3) is 0 Å². The first-order chi connectivity index (χ1) is 7.18. The second-order valence-electron chi connectivity index (χ2n) is 2.97. The Kier molecular flexibility index (Phi) is 4.90. The van der Waals surface area contributed by atoms with Crippen molar-refractivity contribution in [2.24, 2.45) is 0 Å². The van der Waals surface area contributed by atoms with Crippen molar-refractivity contribution in [1.82, 2.24) is 4.98 Å². The molecule has 0 bridgehead atoms. The van der Waals surface area contributed by atoms with E-state index in [0.717, 1.165) is 17.9 Å². The highest BCUT2D eigenvalue weighted by atomic mass is 32.2. The number of pyridine rings is 1. The number of carbonyl (C=O) groups excluding carboxylic acids is 1. The Balaban J connectivity index is 2.32. The van der Waals surface area contributed by atoms with Gasteiger partial charge >= 0.3 is 0 Å². The van der Waals surface area contributed by atoms with Gasteiger partial charge in [-0.1, -0.05) is 17.8 Å². The van der Waals surface area contributed by atoms with Crippen LogP contribution in [0.2, 0.25) is 0 Å². The Bertz CT molecular complexity index is 346. The average molecular weight is 223 g/mol. The van der Waals surface area contributed by atoms with Crippen LogP contribution in [0.5, 0.6) is 5.75 Å². The van der Waals surface area contributed by atoms with Crippen LogP contribution >= 0.6 is 11.8 Å². The number of aromatic nitrogens is 1. The van der Waals surface area contributed by atoms with Crippen LogP contribution < -0.4 is 0 Å². The lowest BCUT2D eigenvalue weighted by atomic mass is 10.3. The fourth-order valence-electron chi connectivity index (χ4n) is 0.971. The summed E-state index contributed by atoms with van der Waals surface area (Å²) in [6.45, 7) is 1.57. The van der Waals surface area contributed by atoms with Crippen molar-refractivity contribution in [2.75, 3.05) is 5.75 Å². The molecule has 0 aliphatic rings. The lowest BCUT2D eigenvalue weighted by Crippen LogP contribution is -1.84. The lowest BCUT2D eigenvalue weighted by molar-refractivity contribution is -0.109. The van der Waals surface area contributed by atoms with Crippen LogP contribution in [0.3, 0.4) is 0 Å². The summed E-state index contributed by atoms with van der Waals surface area (Å²) >= 11 is 1.32. The first kappa shape index (κ1) is 11.8. The lowest BCUT2D eigenvalue weighted by Gasteiger charge is -1.93. The zero-order valence-corrected chi connectivity index (χ0v) is 9.33. The highest BCUT2D eigenvalue weighted by Gasteiger charge is 1.92. The van der Waals surface area contributed by atoms with Gasteiger partial charge in [0.15, 0.2) is 5.12 Å². The predicted molar refractivity (Wildman–Crippen MR) is 62.7 cm³/mol. The molecule has 80 valence electrons. The highest BCUT2D eigenvalue weighted by Crippen LogP contribution is 2.08. The molecule has 0 fully saturated rings. The summed E-state index contributed by atoms with van der Waals surface area (Å²) in [6, 6.07) is 3.33. The van der Waals surface area contributed by atoms with Crippen LogP contribution in [-0.2, 0) is 4.79 Å². The van der Waals surface area contributed by atoms with Crippen molar-refractivity contribution in [2.45, 2.75) is 13.3 Å². The third-order valence-electron chi connectivity index (χ3n) is 1.65. The molecular formula is C11H13NO2S. The molecule has 15 heavy (non-hydrogen) atoms. The van der Waals surface area contributed by atoms with E-state index < -0.39 is 0 Å². The van der Waals surface area contributed by atoms with Crippen molar-refractivity contribution < 1.29 is 9.90 Å². The van der Waals surface area contributed by atoms with Crippen LogP contribution in [0.15, 0.2) is 24.4 Å². The molecule has 1 aromatic heterocycles. The average Bonchev–Trinajstić information content (AvgIpc) is 2.20. The van der Waals surface area contributed by atoms with E-state index in [9.17, 15) is 4.79 Å². The van der Waals surface area contributed by atoms with Gasteiger partial charge in [-0.3, -0.25) is 9.78 Å². The molecule has 4 heteroatoms. The van der Waals surface area contributed by atoms with E-state index in [-0.39, 0.29) is 10.9 Å². The van der Waals surface area contributed by atoms with E-state index in [4.69, 9.17) is 5.11 Å². The van der Waals surface area contributed by atoms with E-state index in [0.29, 0.717) is 0 Å². The molecule has 0 unspecified atom stereocenters. The van der Waals surface area contributed by atoms with Gasteiger partial charge in [-0.05, 0) is 24.6 Å². The van der Waals surface area contributed by atoms with E-state index >= 15 is 0 Å². The van der Waals surface area contributed by atoms with Crippen LogP contribution in [0.25, 0.3) is 6.08 Å². The van der Waals surface area contributed by atoms with Gasteiger partial charge in [0.1, 0.15) is 5.75 Å². The van der Waals surface area contributed by atoms with Crippen LogP contribution in [-0.4, -0.2) is 21.0 Å². The number of rotatable bonds is 4. The first-order valence-electron chi connectivity index (χ1n) is 4.63. The molecule has 0 saturated heterocycles. The molecule has 1 rings (SSSR count). The summed E-state index contributed by atoms with van der Waals surface area (Å²) in [5.74, 6) is 0.962. The summed E-state index contributed by atoms with van der Waals surface area (Å²) in [4.78, 5) is 14.6. The van der Waals surface area contributed by atoms with E-state index in [2.05, 4.69) is 4.98 Å². The summed E-state index contributed by atoms with van der Waals surface area (Å²) in [5.41, 5.74) is 0.806. The van der Waals surface area contributed by atoms with Gasteiger partial charge in [0.05, 0.1) is 11.9 Å². The second kappa shape index (κ2) is 6.24. The molecular weight excluding hydrogens is 210 g/mol. The van der Waals surface area contributed by atoms with E-state index in [1.807, 2.05) is 12.2 Å². The molecule has 0 aliphatic carbocycles. The SMILES string of the molecule is CC(=O)SCCC=Cc1ccc(O)cn1. The van der Waals surface area contributed by atoms with Crippen molar-refractivity contribution in [3.8, 4) is 5.75 Å². The maximum atomic E-state index is 10.6. The summed E-state index contributed by atoms with van der Waals surface area (Å²) in [7, 11) is 0. The van der Waals surface area contributed by atoms with Gasteiger partial charge in [0.2, 0.25) is 0 Å². The van der Waals surface area contributed by atoms with Gasteiger partial charge < -0.3 is 5.11 Å². The fourth-order valence-corrected chi connectivity index (χ4v) is 1.51. The Morgan fingerprint density at radius 3 is 3.00 bits per heavy atom. The minimum atomic E-state index is 0.145. The maximum Gasteiger partial charge on any atom is 0.185 e. The number of aromatic hydroxyl groups is 1. The van der Waals surface area contributed by atoms with Crippen molar-refractivity contribution >= 4 is 23.0 Å². The summed E-state index contributed by atoms with van der Waals surface area (Å²) < 4.78 is 0. The molecule has 1 heterocycles. The molecule has 3 nitrogen and oxygen atoms in total. The standard InChI is InChI=1S/C11H13NO2S/c1-9(13)15-7-3-2-4-10-5-6-11(14)8-12-10/h2,4-6,8,14H,3,7H2,1H3. The molecule has 0 saturated carbocycles. The largest absolute Gasteiger partial charge is 0.506 e. The normalized spacial score (nSPS) is 10.7. The van der Waals surface area contributed by atoms with Crippen molar-refractivity contribution in [1.29, 1.82) is 0 Å². The molecule has 0 atom stereocenters. The molecule has 0 aliphatic heterocycles. The monoisotopic (exact) mass is 223 g/mol. The predicted octanol–water partition coefficient (Wildman–Crippen LogP) is 2.47. The molecule has 0 amide bonds. The number of nitrogens with zero attached hydrogens (tertiary/aromatic N) is 1. The number of hydrogen-bond donors (Lipinski definition) is 1. The molecule has 1 aromatic rings. The first-order valence-corrected chi connectivity index (χ1v) is 5.62. The van der Waals surface area contributed by atoms with Gasteiger partial charge in [0, 0.05) is 12.7 Å². The van der Waals surface area contributed by atoms with Crippen LogP contribution in [0.4, 0.5) is 0 Å². The van der Waals surface area contributed by atoms with Crippen LogP contribution in [0, 0.1) is 0 Å². The minimum Gasteiger partial charge on any atom is -0.506 e. The van der Waals surface area contributed by atoms with Gasteiger partial charge in [-0.2, -0.15) is 0 Å². The topological polar surface area (TPSA) is 50.2 Å². The number of carbonyl (C=O) groups is 1. The second-order valence-corrected chi connectivity index (χ2v) is 4.24. The molecule has 1 N–H and O–H groups in total. The zero-order chi connectivity index (χ0) is 11.1. The Morgan fingerprint density at radius 1 is 1.60 bits per heavy atom. The number of hydrogen-bond acceptors (Lipinski definition) is 4. The minimum absolute atomic E-state index is 0.145. The van der Waals surface area contributed by atoms with Gasteiger partial charge in [-0.15, -0.1) is 0 Å². The number of allylic oxidation sites excluding steroid dienone is 1. The quantitative estimate of drug-likeness (QED) is 0.797. The van der Waals surface area contributed by atoms with Gasteiger partial charge in [-0.25, -0.2) is 0 Å². The maximum absolute atomic E-state index is 10.6. The van der Waals surface area contributed by atoms with E-state index in [1.54, 1.807) is 19.1 Å². The molecule has 0 radical (unpaired) electrons. The zero-order valence-electron chi connectivity index (χ0n) is 8.51. The number of thioether (sulfide) groups is 1. The third kappa shape index (κ3) is 5.22. The Labute approximate surface area is 93.2 Å². The fraction of sp³-hybridized carbons (Fsp3) is 0.273. The Hall–Kier alpha value is -1.29. The third-order valence-corrected chi connectivity index (χ3v) is 2.50. The molecule has 0 aromatic carbocycles. The summed E-state index contributed by atoms with van der Waals surface area (Å²) in [5, 5.41) is 9.14. The highest BCUT2D eigenvalue weighted by molar-refractivity contribution is 8.13. The van der Waals surface area contributed by atoms with Crippen LogP contribution in [0.1, 0.15) is 19.0 Å². The Morgan fingerprint density at radius 2 is 2.40 bits per heavy atom. The van der Waals surface area contributed by atoms with Crippen molar-refractivity contribution in [3.63, 3.8) is 0 Å². The molecule has 0 spiro atoms. The smallest absolute Gasteiger partial charge is 0.185 e. The van der Waals surface area contributed by atoms with E-state index in [1.165, 1.54) is 18.0 Å². The summed E-state index contributed by atoms with van der Waals surface area (Å²) in [6.07, 6.45) is 6.09. The van der Waals surface area contributed by atoms with Crippen molar-refractivity contribution in [3.05, 3.63) is 30.1 Å².